The molecule has 1 aliphatic heterocycles. The number of fused-ring (bicyclic) bond motifs is 1. The van der Waals surface area contributed by atoms with Gasteiger partial charge >= 0.3 is 0 Å². The lowest BCUT2D eigenvalue weighted by Crippen LogP contribution is -2.52. The summed E-state index contributed by atoms with van der Waals surface area (Å²) >= 11 is 0. The number of likely N-dealkylation sites (N-methyl/N-ethyl adjacent to an activating group) is 1. The lowest BCUT2D eigenvalue weighted by molar-refractivity contribution is -0.134. The molecular weight excluding hydrogens is 385 g/mol. The summed E-state index contributed by atoms with van der Waals surface area (Å²) < 4.78 is 13.3. The van der Waals surface area contributed by atoms with E-state index in [1.54, 1.807) is 14.1 Å². The van der Waals surface area contributed by atoms with Crippen molar-refractivity contribution >= 4 is 23.4 Å². The molecule has 6 nitrogen and oxygen atoms in total. The number of amides is 3. The molecule has 158 valence electrons. The van der Waals surface area contributed by atoms with E-state index in [1.165, 1.54) is 34.1 Å². The summed E-state index contributed by atoms with van der Waals surface area (Å²) in [6.45, 7) is 2.17. The monoisotopic (exact) mass is 411 g/mol. The summed E-state index contributed by atoms with van der Waals surface area (Å²) in [6.07, 6.45) is 1.57. The SMILES string of the molecule is CCCC(=O)Nc1ccc2c(c1)CN(C(=O)c1ccc(F)cc1)[C@@H](C(=O)N(C)C)C2. The number of rotatable bonds is 5. The first kappa shape index (κ1) is 21.5. The number of carbonyl (C=O) groups excluding carboxylic acids is 3. The van der Waals surface area contributed by atoms with Crippen LogP contribution in [0, 0.1) is 5.82 Å². The molecule has 2 aromatic rings. The molecule has 1 aliphatic rings. The summed E-state index contributed by atoms with van der Waals surface area (Å²) in [6, 6.07) is 10.2. The minimum Gasteiger partial charge on any atom is -0.347 e. The normalized spacial score (nSPS) is 15.3. The fourth-order valence-electron chi connectivity index (χ4n) is 3.60. The van der Waals surface area contributed by atoms with Crippen molar-refractivity contribution in [1.82, 2.24) is 9.80 Å². The summed E-state index contributed by atoms with van der Waals surface area (Å²) in [5, 5.41) is 2.87. The van der Waals surface area contributed by atoms with Gasteiger partial charge in [0.1, 0.15) is 11.9 Å². The van der Waals surface area contributed by atoms with Crippen LogP contribution in [0.1, 0.15) is 41.3 Å². The van der Waals surface area contributed by atoms with Gasteiger partial charge in [0.15, 0.2) is 0 Å². The molecule has 0 saturated carbocycles. The Bertz CT molecular complexity index is 957. The van der Waals surface area contributed by atoms with Gasteiger partial charge in [-0.05, 0) is 53.9 Å². The number of halogens is 1. The van der Waals surface area contributed by atoms with E-state index in [9.17, 15) is 18.8 Å². The Kier molecular flexibility index (Phi) is 6.50. The standard InChI is InChI=1S/C23H26FN3O3/c1-4-5-21(28)25-19-11-8-16-13-20(23(30)26(2)3)27(14-17(16)12-19)22(29)15-6-9-18(24)10-7-15/h6-12,20H,4-5,13-14H2,1-3H3,(H,25,28)/t20-/m1/s1. The van der Waals surface area contributed by atoms with E-state index in [0.29, 0.717) is 24.1 Å². The molecule has 3 rings (SSSR count). The highest BCUT2D eigenvalue weighted by Gasteiger charge is 2.36. The second-order valence-corrected chi connectivity index (χ2v) is 7.67. The zero-order valence-corrected chi connectivity index (χ0v) is 17.4. The first-order chi connectivity index (χ1) is 14.3. The van der Waals surface area contributed by atoms with Crippen molar-refractivity contribution in [1.29, 1.82) is 0 Å². The minimum atomic E-state index is -0.648. The Balaban J connectivity index is 1.92. The van der Waals surface area contributed by atoms with Crippen molar-refractivity contribution in [3.8, 4) is 0 Å². The van der Waals surface area contributed by atoms with E-state index in [4.69, 9.17) is 0 Å². The first-order valence-electron chi connectivity index (χ1n) is 9.99. The van der Waals surface area contributed by atoms with Crippen molar-refractivity contribution in [3.63, 3.8) is 0 Å². The van der Waals surface area contributed by atoms with Gasteiger partial charge in [0.2, 0.25) is 11.8 Å². The lowest BCUT2D eigenvalue weighted by Gasteiger charge is -2.37. The van der Waals surface area contributed by atoms with Crippen LogP contribution in [0.2, 0.25) is 0 Å². The van der Waals surface area contributed by atoms with Gasteiger partial charge < -0.3 is 15.1 Å². The Morgan fingerprint density at radius 1 is 1.10 bits per heavy atom. The van der Waals surface area contributed by atoms with Crippen molar-refractivity contribution in [2.24, 2.45) is 0 Å². The molecule has 1 heterocycles. The molecule has 0 bridgehead atoms. The highest BCUT2D eigenvalue weighted by Crippen LogP contribution is 2.28. The van der Waals surface area contributed by atoms with Crippen LogP contribution in [-0.4, -0.2) is 47.7 Å². The Morgan fingerprint density at radius 2 is 1.80 bits per heavy atom. The summed E-state index contributed by atoms with van der Waals surface area (Å²) in [4.78, 5) is 40.9. The van der Waals surface area contributed by atoms with Gasteiger partial charge in [-0.1, -0.05) is 13.0 Å². The van der Waals surface area contributed by atoms with E-state index < -0.39 is 11.9 Å². The number of carbonyl (C=O) groups is 3. The Hall–Kier alpha value is -3.22. The number of hydrogen-bond donors (Lipinski definition) is 1. The molecule has 0 unspecified atom stereocenters. The van der Waals surface area contributed by atoms with Crippen LogP contribution in [0.3, 0.4) is 0 Å². The van der Waals surface area contributed by atoms with Crippen LogP contribution in [0.5, 0.6) is 0 Å². The average Bonchev–Trinajstić information content (AvgIpc) is 2.72. The molecule has 0 saturated heterocycles. The van der Waals surface area contributed by atoms with Crippen molar-refractivity contribution in [2.75, 3.05) is 19.4 Å². The van der Waals surface area contributed by atoms with Gasteiger partial charge in [-0.2, -0.15) is 0 Å². The second-order valence-electron chi connectivity index (χ2n) is 7.67. The largest absolute Gasteiger partial charge is 0.347 e. The number of nitrogens with zero attached hydrogens (tertiary/aromatic N) is 2. The van der Waals surface area contributed by atoms with Gasteiger partial charge in [-0.15, -0.1) is 0 Å². The van der Waals surface area contributed by atoms with Gasteiger partial charge in [0.05, 0.1) is 0 Å². The third kappa shape index (κ3) is 4.67. The van der Waals surface area contributed by atoms with E-state index in [1.807, 2.05) is 25.1 Å². The van der Waals surface area contributed by atoms with Crippen molar-refractivity contribution in [3.05, 3.63) is 65.0 Å². The third-order valence-corrected chi connectivity index (χ3v) is 5.18. The maximum Gasteiger partial charge on any atom is 0.254 e. The van der Waals surface area contributed by atoms with Crippen LogP contribution in [0.15, 0.2) is 42.5 Å². The van der Waals surface area contributed by atoms with Gasteiger partial charge in [0, 0.05) is 44.7 Å². The van der Waals surface area contributed by atoms with E-state index in [-0.39, 0.29) is 24.3 Å². The zero-order valence-electron chi connectivity index (χ0n) is 17.4. The number of nitrogens with one attached hydrogen (secondary N) is 1. The predicted octanol–water partition coefficient (Wildman–Crippen LogP) is 3.22. The smallest absolute Gasteiger partial charge is 0.254 e. The molecule has 3 amide bonds. The predicted molar refractivity (Wildman–Crippen MR) is 112 cm³/mol. The summed E-state index contributed by atoms with van der Waals surface area (Å²) in [7, 11) is 3.32. The van der Waals surface area contributed by atoms with Crippen molar-refractivity contribution < 1.29 is 18.8 Å². The molecule has 7 heteroatoms. The molecule has 30 heavy (non-hydrogen) atoms. The summed E-state index contributed by atoms with van der Waals surface area (Å²) in [5.74, 6) is -0.991. The van der Waals surface area contributed by atoms with Crippen LogP contribution in [0.25, 0.3) is 0 Å². The third-order valence-electron chi connectivity index (χ3n) is 5.18. The maximum atomic E-state index is 13.3. The van der Waals surface area contributed by atoms with Gasteiger partial charge in [-0.3, -0.25) is 14.4 Å². The molecule has 0 aliphatic carbocycles. The van der Waals surface area contributed by atoms with Crippen LogP contribution >= 0.6 is 0 Å². The Morgan fingerprint density at radius 3 is 2.43 bits per heavy atom. The quantitative estimate of drug-likeness (QED) is 0.821. The fourth-order valence-corrected chi connectivity index (χ4v) is 3.60. The molecule has 0 aromatic heterocycles. The van der Waals surface area contributed by atoms with Crippen LogP contribution in [-0.2, 0) is 22.6 Å². The van der Waals surface area contributed by atoms with Crippen molar-refractivity contribution in [2.45, 2.75) is 38.8 Å². The molecular formula is C23H26FN3O3. The highest BCUT2D eigenvalue weighted by molar-refractivity contribution is 5.98. The maximum absolute atomic E-state index is 13.3. The number of hydrogen-bond acceptors (Lipinski definition) is 3. The topological polar surface area (TPSA) is 69.7 Å². The molecule has 0 fully saturated rings. The molecule has 1 N–H and O–H groups in total. The average molecular weight is 411 g/mol. The second kappa shape index (κ2) is 9.07. The van der Waals surface area contributed by atoms with Gasteiger partial charge in [-0.25, -0.2) is 4.39 Å². The zero-order chi connectivity index (χ0) is 21.8. The minimum absolute atomic E-state index is 0.0619. The molecule has 0 radical (unpaired) electrons. The van der Waals surface area contributed by atoms with E-state index in [0.717, 1.165) is 17.5 Å². The van der Waals surface area contributed by atoms with E-state index >= 15 is 0 Å². The number of benzene rings is 2. The lowest BCUT2D eigenvalue weighted by atomic mass is 9.92. The molecule has 1 atom stereocenters. The Labute approximate surface area is 175 Å². The van der Waals surface area contributed by atoms with Crippen LogP contribution < -0.4 is 5.32 Å². The summed E-state index contributed by atoms with van der Waals surface area (Å²) in [5.41, 5.74) is 2.83. The fraction of sp³-hybridized carbons (Fsp3) is 0.348. The molecule has 0 spiro atoms. The highest BCUT2D eigenvalue weighted by atomic mass is 19.1. The van der Waals surface area contributed by atoms with E-state index in [2.05, 4.69) is 5.32 Å². The van der Waals surface area contributed by atoms with Gasteiger partial charge in [0.25, 0.3) is 5.91 Å². The first-order valence-corrected chi connectivity index (χ1v) is 9.99. The number of anilines is 1. The van der Waals surface area contributed by atoms with Crippen LogP contribution in [0.4, 0.5) is 10.1 Å². The molecule has 2 aromatic carbocycles.